The van der Waals surface area contributed by atoms with Crippen molar-refractivity contribution in [3.05, 3.63) is 47.8 Å². The highest BCUT2D eigenvalue weighted by Crippen LogP contribution is 2.33. The van der Waals surface area contributed by atoms with Crippen molar-refractivity contribution >= 4 is 28.6 Å². The Hall–Kier alpha value is -3.55. The third kappa shape index (κ3) is 4.00. The van der Waals surface area contributed by atoms with E-state index in [-0.39, 0.29) is 29.3 Å². The van der Waals surface area contributed by atoms with E-state index in [1.807, 2.05) is 24.3 Å². The van der Waals surface area contributed by atoms with Gasteiger partial charge in [-0.2, -0.15) is 0 Å². The number of carbonyl (C=O) groups excluding carboxylic acids is 1. The van der Waals surface area contributed by atoms with Gasteiger partial charge >= 0.3 is 5.97 Å². The zero-order chi connectivity index (χ0) is 19.4. The Morgan fingerprint density at radius 2 is 1.85 bits per heavy atom. The van der Waals surface area contributed by atoms with Gasteiger partial charge in [0.25, 0.3) is 0 Å². The Morgan fingerprint density at radius 1 is 1.15 bits per heavy atom. The van der Waals surface area contributed by atoms with Crippen LogP contribution < -0.4 is 14.8 Å². The van der Waals surface area contributed by atoms with Crippen molar-refractivity contribution in [2.45, 2.75) is 12.8 Å². The maximum absolute atomic E-state index is 12.3. The summed E-state index contributed by atoms with van der Waals surface area (Å²) in [5.74, 6) is -0.212. The summed E-state index contributed by atoms with van der Waals surface area (Å²) < 4.78 is 10.3. The number of nitrogens with one attached hydrogen (secondary N) is 2. The average molecular weight is 369 g/mol. The van der Waals surface area contributed by atoms with Crippen LogP contribution in [-0.2, 0) is 11.2 Å². The predicted molar refractivity (Wildman–Crippen MR) is 99.5 cm³/mol. The van der Waals surface area contributed by atoms with Crippen molar-refractivity contribution in [1.29, 1.82) is 0 Å². The first-order valence-electron chi connectivity index (χ1n) is 8.24. The number of para-hydroxylation sites is 2. The van der Waals surface area contributed by atoms with Crippen LogP contribution in [0.2, 0.25) is 0 Å². The maximum Gasteiger partial charge on any atom is 0.337 e. The third-order valence-electron chi connectivity index (χ3n) is 4.06. The molecule has 0 aliphatic heterocycles. The fourth-order valence-electron chi connectivity index (χ4n) is 2.73. The highest BCUT2D eigenvalue weighted by atomic mass is 16.5. The van der Waals surface area contributed by atoms with Gasteiger partial charge in [0.1, 0.15) is 5.82 Å². The Labute approximate surface area is 155 Å². The van der Waals surface area contributed by atoms with Gasteiger partial charge in [-0.05, 0) is 12.1 Å². The number of amides is 1. The molecule has 3 N–H and O–H groups in total. The summed E-state index contributed by atoms with van der Waals surface area (Å²) in [5, 5.41) is 12.0. The Morgan fingerprint density at radius 3 is 2.52 bits per heavy atom. The molecule has 0 unspecified atom stereocenters. The summed E-state index contributed by atoms with van der Waals surface area (Å²) in [7, 11) is 2.85. The molecule has 1 aromatic heterocycles. The number of aromatic carboxylic acids is 1. The average Bonchev–Trinajstić information content (AvgIpc) is 3.08. The van der Waals surface area contributed by atoms with E-state index in [2.05, 4.69) is 15.3 Å². The minimum atomic E-state index is -1.18. The second kappa shape index (κ2) is 7.77. The maximum atomic E-state index is 12.3. The zero-order valence-electron chi connectivity index (χ0n) is 14.9. The SMILES string of the molecule is COc1cc(NC(=O)CCc2nc3ccccc3[nH]2)c(C(=O)O)cc1OC. The number of carboxylic acids is 1. The highest BCUT2D eigenvalue weighted by molar-refractivity contribution is 6.01. The van der Waals surface area contributed by atoms with Gasteiger partial charge in [-0.1, -0.05) is 12.1 Å². The number of aromatic nitrogens is 2. The van der Waals surface area contributed by atoms with Crippen LogP contribution in [0.4, 0.5) is 5.69 Å². The van der Waals surface area contributed by atoms with Gasteiger partial charge in [-0.15, -0.1) is 0 Å². The van der Waals surface area contributed by atoms with Crippen molar-refractivity contribution in [3.63, 3.8) is 0 Å². The normalized spacial score (nSPS) is 10.6. The fraction of sp³-hybridized carbons (Fsp3) is 0.211. The van der Waals surface area contributed by atoms with Gasteiger partial charge in [-0.3, -0.25) is 4.79 Å². The first kappa shape index (κ1) is 18.2. The van der Waals surface area contributed by atoms with Crippen LogP contribution in [0.1, 0.15) is 22.6 Å². The quantitative estimate of drug-likeness (QED) is 0.590. The molecular weight excluding hydrogens is 350 g/mol. The lowest BCUT2D eigenvalue weighted by molar-refractivity contribution is -0.116. The van der Waals surface area contributed by atoms with E-state index >= 15 is 0 Å². The Balaban J connectivity index is 1.73. The molecule has 27 heavy (non-hydrogen) atoms. The van der Waals surface area contributed by atoms with E-state index < -0.39 is 5.97 Å². The molecule has 0 bridgehead atoms. The first-order chi connectivity index (χ1) is 13.0. The molecule has 0 atom stereocenters. The summed E-state index contributed by atoms with van der Waals surface area (Å²) in [6.07, 6.45) is 0.545. The number of methoxy groups -OCH3 is 2. The number of carbonyl (C=O) groups is 2. The molecule has 0 saturated heterocycles. The Kier molecular flexibility index (Phi) is 5.25. The van der Waals surface area contributed by atoms with Gasteiger partial charge in [0, 0.05) is 25.0 Å². The number of hydrogen-bond acceptors (Lipinski definition) is 5. The van der Waals surface area contributed by atoms with E-state index in [1.54, 1.807) is 0 Å². The molecule has 3 aromatic rings. The van der Waals surface area contributed by atoms with Crippen LogP contribution >= 0.6 is 0 Å². The first-order valence-corrected chi connectivity index (χ1v) is 8.24. The largest absolute Gasteiger partial charge is 0.493 e. The van der Waals surface area contributed by atoms with Crippen LogP contribution in [-0.4, -0.2) is 41.2 Å². The lowest BCUT2D eigenvalue weighted by Gasteiger charge is -2.13. The second-order valence-corrected chi connectivity index (χ2v) is 5.81. The molecule has 0 aliphatic rings. The monoisotopic (exact) mass is 369 g/mol. The molecule has 140 valence electrons. The molecular formula is C19H19N3O5. The van der Waals surface area contributed by atoms with Gasteiger partial charge in [-0.25, -0.2) is 9.78 Å². The highest BCUT2D eigenvalue weighted by Gasteiger charge is 2.18. The molecule has 1 amide bonds. The fourth-order valence-corrected chi connectivity index (χ4v) is 2.73. The van der Waals surface area contributed by atoms with Crippen molar-refractivity contribution in [3.8, 4) is 11.5 Å². The molecule has 0 spiro atoms. The molecule has 0 saturated carbocycles. The van der Waals surface area contributed by atoms with Gasteiger partial charge < -0.3 is 24.9 Å². The summed E-state index contributed by atoms with van der Waals surface area (Å²) in [5.41, 5.74) is 1.81. The van der Waals surface area contributed by atoms with Crippen LogP contribution in [0.3, 0.4) is 0 Å². The smallest absolute Gasteiger partial charge is 0.337 e. The van der Waals surface area contributed by atoms with Crippen molar-refractivity contribution < 1.29 is 24.2 Å². The lowest BCUT2D eigenvalue weighted by Crippen LogP contribution is -2.16. The molecule has 0 fully saturated rings. The third-order valence-corrected chi connectivity index (χ3v) is 4.06. The predicted octanol–water partition coefficient (Wildman–Crippen LogP) is 2.85. The molecule has 0 aliphatic carbocycles. The number of aromatic amines is 1. The topological polar surface area (TPSA) is 114 Å². The number of imidazole rings is 1. The van der Waals surface area contributed by atoms with E-state index in [0.717, 1.165) is 11.0 Å². The number of H-pyrrole nitrogens is 1. The van der Waals surface area contributed by atoms with Gasteiger partial charge in [0.15, 0.2) is 11.5 Å². The number of ether oxygens (including phenoxy) is 2. The number of aryl methyl sites for hydroxylation is 1. The number of carboxylic acid groups (broad SMARTS) is 1. The van der Waals surface area contributed by atoms with E-state index in [1.165, 1.54) is 26.4 Å². The van der Waals surface area contributed by atoms with E-state index in [0.29, 0.717) is 18.0 Å². The van der Waals surface area contributed by atoms with Crippen LogP contribution in [0.25, 0.3) is 11.0 Å². The van der Waals surface area contributed by atoms with E-state index in [4.69, 9.17) is 9.47 Å². The Bertz CT molecular complexity index is 963. The summed E-state index contributed by atoms with van der Waals surface area (Å²) in [6, 6.07) is 10.3. The molecule has 8 nitrogen and oxygen atoms in total. The minimum Gasteiger partial charge on any atom is -0.493 e. The molecule has 8 heteroatoms. The zero-order valence-corrected chi connectivity index (χ0v) is 14.9. The molecule has 2 aromatic carbocycles. The van der Waals surface area contributed by atoms with Crippen molar-refractivity contribution in [2.24, 2.45) is 0 Å². The van der Waals surface area contributed by atoms with Crippen LogP contribution in [0.15, 0.2) is 36.4 Å². The van der Waals surface area contributed by atoms with Gasteiger partial charge in [0.05, 0.1) is 36.5 Å². The summed E-state index contributed by atoms with van der Waals surface area (Å²) >= 11 is 0. The number of hydrogen-bond donors (Lipinski definition) is 3. The van der Waals surface area contributed by atoms with Crippen molar-refractivity contribution in [1.82, 2.24) is 9.97 Å². The number of fused-ring (bicyclic) bond motifs is 1. The molecule has 3 rings (SSSR count). The van der Waals surface area contributed by atoms with Crippen molar-refractivity contribution in [2.75, 3.05) is 19.5 Å². The number of benzene rings is 2. The summed E-state index contributed by atoms with van der Waals surface area (Å²) in [6.45, 7) is 0. The van der Waals surface area contributed by atoms with Gasteiger partial charge in [0.2, 0.25) is 5.91 Å². The molecule has 0 radical (unpaired) electrons. The molecule has 1 heterocycles. The minimum absolute atomic E-state index is 0.0789. The van der Waals surface area contributed by atoms with Crippen LogP contribution in [0.5, 0.6) is 11.5 Å². The summed E-state index contributed by atoms with van der Waals surface area (Å²) in [4.78, 5) is 31.4. The number of rotatable bonds is 7. The van der Waals surface area contributed by atoms with Crippen LogP contribution in [0, 0.1) is 0 Å². The second-order valence-electron chi connectivity index (χ2n) is 5.81. The van der Waals surface area contributed by atoms with E-state index in [9.17, 15) is 14.7 Å². The number of nitrogens with zero attached hydrogens (tertiary/aromatic N) is 1. The standard InChI is InChI=1S/C19H19N3O5/c1-26-15-9-11(19(24)25)14(10-16(15)27-2)22-18(23)8-7-17-20-12-5-3-4-6-13(12)21-17/h3-6,9-10H,7-8H2,1-2H3,(H,20,21)(H,22,23)(H,24,25). The number of anilines is 1. The lowest BCUT2D eigenvalue weighted by atomic mass is 10.1.